The van der Waals surface area contributed by atoms with Gasteiger partial charge < -0.3 is 14.5 Å². The van der Waals surface area contributed by atoms with Crippen LogP contribution in [0, 0.1) is 17.8 Å². The number of amides is 1. The van der Waals surface area contributed by atoms with Crippen molar-refractivity contribution in [3.05, 3.63) is 18.2 Å². The van der Waals surface area contributed by atoms with E-state index in [2.05, 4.69) is 14.9 Å². The molecule has 0 spiro atoms. The molecule has 1 aliphatic carbocycles. The number of likely N-dealkylation sites (tertiary alicyclic amines) is 2. The van der Waals surface area contributed by atoms with Gasteiger partial charge in [-0.05, 0) is 56.5 Å². The van der Waals surface area contributed by atoms with Gasteiger partial charge in [-0.1, -0.05) is 12.8 Å². The number of methoxy groups -OCH3 is 1. The Bertz CT molecular complexity index is 599. The van der Waals surface area contributed by atoms with Crippen LogP contribution >= 0.6 is 0 Å². The number of fused-ring (bicyclic) bond motifs is 1. The first-order valence-electron chi connectivity index (χ1n) is 10.1. The van der Waals surface area contributed by atoms with Gasteiger partial charge in [-0.25, -0.2) is 9.97 Å². The molecule has 3 aliphatic rings. The van der Waals surface area contributed by atoms with E-state index in [9.17, 15) is 4.79 Å². The molecule has 3 fully saturated rings. The molecule has 3 heterocycles. The molecule has 1 aromatic rings. The van der Waals surface area contributed by atoms with Crippen LogP contribution in [0.5, 0.6) is 5.75 Å². The topological polar surface area (TPSA) is 58.6 Å². The van der Waals surface area contributed by atoms with Crippen LogP contribution in [-0.4, -0.2) is 65.5 Å². The molecule has 0 aromatic carbocycles. The Morgan fingerprint density at radius 1 is 1.08 bits per heavy atom. The Morgan fingerprint density at radius 2 is 1.69 bits per heavy atom. The first-order valence-corrected chi connectivity index (χ1v) is 10.1. The second-order valence-corrected chi connectivity index (χ2v) is 8.21. The summed E-state index contributed by atoms with van der Waals surface area (Å²) < 4.78 is 5.07. The number of hydrogen-bond donors (Lipinski definition) is 0. The maximum atomic E-state index is 12.7. The van der Waals surface area contributed by atoms with Crippen LogP contribution in [0.4, 0.5) is 0 Å². The van der Waals surface area contributed by atoms with E-state index >= 15 is 0 Å². The van der Waals surface area contributed by atoms with Gasteiger partial charge in [-0.2, -0.15) is 0 Å². The van der Waals surface area contributed by atoms with E-state index in [-0.39, 0.29) is 11.7 Å². The van der Waals surface area contributed by atoms with E-state index in [4.69, 9.17) is 4.74 Å². The summed E-state index contributed by atoms with van der Waals surface area (Å²) in [7, 11) is 1.57. The second kappa shape index (κ2) is 7.91. The molecule has 1 aromatic heterocycles. The first-order chi connectivity index (χ1) is 12.7. The largest absolute Gasteiger partial charge is 0.494 e. The van der Waals surface area contributed by atoms with Crippen molar-refractivity contribution in [2.45, 2.75) is 38.5 Å². The molecule has 2 atom stereocenters. The Balaban J connectivity index is 1.31. The molecule has 1 saturated carbocycles. The zero-order chi connectivity index (χ0) is 17.9. The number of ether oxygens (including phenoxy) is 1. The normalized spacial score (nSPS) is 27.3. The molecule has 26 heavy (non-hydrogen) atoms. The number of rotatable bonds is 4. The van der Waals surface area contributed by atoms with Gasteiger partial charge in [0.25, 0.3) is 5.91 Å². The lowest BCUT2D eigenvalue weighted by atomic mass is 9.92. The predicted octanol–water partition coefficient (Wildman–Crippen LogP) is 2.46. The Kier molecular flexibility index (Phi) is 5.38. The van der Waals surface area contributed by atoms with Crippen LogP contribution in [0.15, 0.2) is 12.4 Å². The molecule has 4 rings (SSSR count). The third kappa shape index (κ3) is 3.85. The Labute approximate surface area is 155 Å². The minimum absolute atomic E-state index is 0.0384. The van der Waals surface area contributed by atoms with Crippen molar-refractivity contribution in [1.29, 1.82) is 0 Å². The van der Waals surface area contributed by atoms with Gasteiger partial charge in [0.2, 0.25) is 5.82 Å². The average molecular weight is 358 g/mol. The monoisotopic (exact) mass is 358 g/mol. The van der Waals surface area contributed by atoms with Gasteiger partial charge >= 0.3 is 0 Å². The maximum Gasteiger partial charge on any atom is 0.291 e. The van der Waals surface area contributed by atoms with Crippen molar-refractivity contribution >= 4 is 5.91 Å². The Morgan fingerprint density at radius 3 is 2.27 bits per heavy atom. The highest BCUT2D eigenvalue weighted by atomic mass is 16.5. The summed E-state index contributed by atoms with van der Waals surface area (Å²) in [5.41, 5.74) is 0. The highest BCUT2D eigenvalue weighted by Crippen LogP contribution is 2.33. The van der Waals surface area contributed by atoms with Gasteiger partial charge in [0, 0.05) is 19.6 Å². The van der Waals surface area contributed by atoms with Gasteiger partial charge in [0.05, 0.1) is 19.5 Å². The van der Waals surface area contributed by atoms with Crippen molar-refractivity contribution in [3.8, 4) is 5.75 Å². The smallest absolute Gasteiger partial charge is 0.291 e. The van der Waals surface area contributed by atoms with Crippen LogP contribution in [0.1, 0.15) is 49.1 Å². The summed E-state index contributed by atoms with van der Waals surface area (Å²) in [5.74, 6) is 3.01. The lowest BCUT2D eigenvalue weighted by Crippen LogP contribution is -2.33. The molecule has 6 heteroatoms. The molecule has 142 valence electrons. The van der Waals surface area contributed by atoms with E-state index in [1.165, 1.54) is 58.2 Å². The minimum Gasteiger partial charge on any atom is -0.494 e. The van der Waals surface area contributed by atoms with Gasteiger partial charge in [-0.3, -0.25) is 4.79 Å². The molecular weight excluding hydrogens is 328 g/mol. The second-order valence-electron chi connectivity index (χ2n) is 8.21. The van der Waals surface area contributed by atoms with Crippen molar-refractivity contribution in [3.63, 3.8) is 0 Å². The van der Waals surface area contributed by atoms with Crippen LogP contribution in [0.2, 0.25) is 0 Å². The maximum absolute atomic E-state index is 12.7. The van der Waals surface area contributed by atoms with Gasteiger partial charge in [0.1, 0.15) is 0 Å². The summed E-state index contributed by atoms with van der Waals surface area (Å²) >= 11 is 0. The summed E-state index contributed by atoms with van der Waals surface area (Å²) in [6, 6.07) is 0. The van der Waals surface area contributed by atoms with E-state index in [1.807, 2.05) is 4.90 Å². The summed E-state index contributed by atoms with van der Waals surface area (Å²) in [6.07, 6.45) is 11.3. The zero-order valence-corrected chi connectivity index (χ0v) is 15.8. The van der Waals surface area contributed by atoms with E-state index in [1.54, 1.807) is 19.5 Å². The highest BCUT2D eigenvalue weighted by Gasteiger charge is 2.38. The molecule has 1 amide bonds. The van der Waals surface area contributed by atoms with Crippen LogP contribution in [0.25, 0.3) is 0 Å². The van der Waals surface area contributed by atoms with Gasteiger partial charge in [-0.15, -0.1) is 0 Å². The van der Waals surface area contributed by atoms with Crippen molar-refractivity contribution < 1.29 is 9.53 Å². The Hall–Kier alpha value is -1.69. The van der Waals surface area contributed by atoms with Crippen LogP contribution in [-0.2, 0) is 0 Å². The summed E-state index contributed by atoms with van der Waals surface area (Å²) in [5, 5.41) is 0. The third-order valence-electron chi connectivity index (χ3n) is 6.54. The predicted molar refractivity (Wildman–Crippen MR) is 99.1 cm³/mol. The number of hydrogen-bond acceptors (Lipinski definition) is 5. The van der Waals surface area contributed by atoms with Crippen LogP contribution < -0.4 is 4.74 Å². The first kappa shape index (κ1) is 17.7. The van der Waals surface area contributed by atoms with E-state index in [0.29, 0.717) is 17.6 Å². The molecule has 2 aliphatic heterocycles. The fourth-order valence-corrected chi connectivity index (χ4v) is 4.98. The summed E-state index contributed by atoms with van der Waals surface area (Å²) in [6.45, 7) is 5.39. The fraction of sp³-hybridized carbons (Fsp3) is 0.750. The molecule has 0 radical (unpaired) electrons. The number of carbonyl (C=O) groups is 1. The van der Waals surface area contributed by atoms with Gasteiger partial charge in [0.15, 0.2) is 5.75 Å². The average Bonchev–Trinajstić information content (AvgIpc) is 3.29. The van der Waals surface area contributed by atoms with E-state index < -0.39 is 0 Å². The third-order valence-corrected chi connectivity index (χ3v) is 6.54. The quantitative estimate of drug-likeness (QED) is 0.827. The zero-order valence-electron chi connectivity index (χ0n) is 15.8. The lowest BCUT2D eigenvalue weighted by Gasteiger charge is -2.24. The number of aromatic nitrogens is 2. The molecule has 0 unspecified atom stereocenters. The van der Waals surface area contributed by atoms with Crippen molar-refractivity contribution in [1.82, 2.24) is 19.8 Å². The molecule has 2 saturated heterocycles. The van der Waals surface area contributed by atoms with Crippen molar-refractivity contribution in [2.24, 2.45) is 17.8 Å². The molecule has 0 N–H and O–H groups in total. The fourth-order valence-electron chi connectivity index (χ4n) is 4.98. The standard InChI is InChI=1S/C20H30N4O2/c1-26-18-10-21-19(22-11-18)20(25)24-13-16-6-8-23(9-7-17(16)14-24)12-15-4-2-3-5-15/h10-11,15-17H,2-9,12-14H2,1H3/t16-,17+. The SMILES string of the molecule is COc1cnc(C(=O)N2C[C@H]3CCN(CC4CCCC4)CC[C@H]3C2)nc1. The molecule has 0 bridgehead atoms. The number of nitrogens with zero attached hydrogens (tertiary/aromatic N) is 4. The molecular formula is C20H30N4O2. The van der Waals surface area contributed by atoms with Crippen LogP contribution in [0.3, 0.4) is 0 Å². The van der Waals surface area contributed by atoms with E-state index in [0.717, 1.165) is 19.0 Å². The number of carbonyl (C=O) groups excluding carboxylic acids is 1. The minimum atomic E-state index is -0.0384. The summed E-state index contributed by atoms with van der Waals surface area (Å²) in [4.78, 5) is 25.7. The van der Waals surface area contributed by atoms with Crippen molar-refractivity contribution in [2.75, 3.05) is 39.8 Å². The highest BCUT2D eigenvalue weighted by molar-refractivity contribution is 5.90. The molecule has 6 nitrogen and oxygen atoms in total. The lowest BCUT2D eigenvalue weighted by molar-refractivity contribution is 0.0767.